The number of aryl methyl sites for hydroxylation is 1. The average Bonchev–Trinajstić information content (AvgIpc) is 3.24. The Morgan fingerprint density at radius 2 is 1.84 bits per heavy atom. The fourth-order valence-corrected chi connectivity index (χ4v) is 4.35. The molecule has 3 rings (SSSR count). The third-order valence-electron chi connectivity index (χ3n) is 5.54. The van der Waals surface area contributed by atoms with Crippen molar-refractivity contribution in [3.8, 4) is 5.75 Å². The molecule has 0 radical (unpaired) electrons. The number of ether oxygens (including phenoxy) is 1. The van der Waals surface area contributed by atoms with Crippen LogP contribution in [0.25, 0.3) is 0 Å². The maximum atomic E-state index is 13.2. The first-order chi connectivity index (χ1) is 14.9. The van der Waals surface area contributed by atoms with E-state index in [0.717, 1.165) is 36.8 Å². The van der Waals surface area contributed by atoms with Crippen molar-refractivity contribution in [3.05, 3.63) is 45.9 Å². The summed E-state index contributed by atoms with van der Waals surface area (Å²) in [5.74, 6) is 0.423. The van der Waals surface area contributed by atoms with E-state index in [4.69, 9.17) is 4.74 Å². The first-order valence-electron chi connectivity index (χ1n) is 10.8. The highest BCUT2D eigenvalue weighted by Gasteiger charge is 2.31. The highest BCUT2D eigenvalue weighted by atomic mass is 32.1. The van der Waals surface area contributed by atoms with E-state index in [1.165, 1.54) is 0 Å². The average molecular weight is 445 g/mol. The number of benzene rings is 1. The maximum Gasteiger partial charge on any atom is 0.251 e. The molecule has 1 aliphatic rings. The standard InChI is InChI=1S/C23H32N4O3S/c1-5-20-24-18(15-31-20)14-26-10-12-27(13-11-26)23(29)21(16(2)3)25-22(28)17-6-8-19(30-4)9-7-17/h6-9,15-16,21H,5,10-14H2,1-4H3,(H,25,28)/t21-/m0/s1. The quantitative estimate of drug-likeness (QED) is 0.678. The highest BCUT2D eigenvalue weighted by Crippen LogP contribution is 2.16. The van der Waals surface area contributed by atoms with Gasteiger partial charge in [0.2, 0.25) is 5.91 Å². The Bertz CT molecular complexity index is 873. The van der Waals surface area contributed by atoms with E-state index < -0.39 is 6.04 Å². The minimum atomic E-state index is -0.549. The monoisotopic (exact) mass is 444 g/mol. The Morgan fingerprint density at radius 3 is 2.39 bits per heavy atom. The molecule has 2 heterocycles. The number of carbonyl (C=O) groups excluding carboxylic acids is 2. The van der Waals surface area contributed by atoms with E-state index in [9.17, 15) is 9.59 Å². The molecule has 0 spiro atoms. The number of nitrogens with zero attached hydrogens (tertiary/aromatic N) is 3. The molecule has 1 aliphatic heterocycles. The second kappa shape index (κ2) is 10.7. The van der Waals surface area contributed by atoms with Crippen molar-refractivity contribution in [2.75, 3.05) is 33.3 Å². The molecule has 7 nitrogen and oxygen atoms in total. The van der Waals surface area contributed by atoms with Gasteiger partial charge in [-0.25, -0.2) is 4.98 Å². The van der Waals surface area contributed by atoms with E-state index in [-0.39, 0.29) is 17.7 Å². The van der Waals surface area contributed by atoms with Gasteiger partial charge in [-0.15, -0.1) is 11.3 Å². The molecule has 1 aromatic heterocycles. The second-order valence-corrected chi connectivity index (χ2v) is 9.05. The Balaban J connectivity index is 1.55. The zero-order chi connectivity index (χ0) is 22.4. The van der Waals surface area contributed by atoms with Gasteiger partial charge in [0.15, 0.2) is 0 Å². The Kier molecular flexibility index (Phi) is 8.03. The van der Waals surface area contributed by atoms with Gasteiger partial charge in [0.1, 0.15) is 11.8 Å². The highest BCUT2D eigenvalue weighted by molar-refractivity contribution is 7.09. The number of methoxy groups -OCH3 is 1. The summed E-state index contributed by atoms with van der Waals surface area (Å²) in [7, 11) is 1.58. The summed E-state index contributed by atoms with van der Waals surface area (Å²) >= 11 is 1.71. The summed E-state index contributed by atoms with van der Waals surface area (Å²) in [6, 6.07) is 6.35. The van der Waals surface area contributed by atoms with Crippen molar-refractivity contribution < 1.29 is 14.3 Å². The molecule has 0 unspecified atom stereocenters. The van der Waals surface area contributed by atoms with Gasteiger partial charge < -0.3 is 15.0 Å². The minimum absolute atomic E-state index is 0.00445. The van der Waals surface area contributed by atoms with Gasteiger partial charge in [0.25, 0.3) is 5.91 Å². The van der Waals surface area contributed by atoms with Crippen molar-refractivity contribution in [2.45, 2.75) is 39.8 Å². The lowest BCUT2D eigenvalue weighted by Gasteiger charge is -2.37. The molecule has 1 N–H and O–H groups in total. The predicted molar refractivity (Wildman–Crippen MR) is 122 cm³/mol. The molecule has 1 fully saturated rings. The van der Waals surface area contributed by atoms with Crippen LogP contribution in [-0.2, 0) is 17.8 Å². The number of piperazine rings is 1. The smallest absolute Gasteiger partial charge is 0.251 e. The van der Waals surface area contributed by atoms with Crippen molar-refractivity contribution >= 4 is 23.2 Å². The number of rotatable bonds is 8. The third-order valence-corrected chi connectivity index (χ3v) is 6.58. The molecular formula is C23H32N4O3S. The molecule has 1 aromatic carbocycles. The summed E-state index contributed by atoms with van der Waals surface area (Å²) < 4.78 is 5.14. The Morgan fingerprint density at radius 1 is 1.16 bits per heavy atom. The lowest BCUT2D eigenvalue weighted by molar-refractivity contribution is -0.136. The van der Waals surface area contributed by atoms with Crippen molar-refractivity contribution in [3.63, 3.8) is 0 Å². The van der Waals surface area contributed by atoms with E-state index in [0.29, 0.717) is 24.4 Å². The van der Waals surface area contributed by atoms with E-state index in [1.807, 2.05) is 18.7 Å². The number of amides is 2. The topological polar surface area (TPSA) is 74.8 Å². The van der Waals surface area contributed by atoms with Crippen molar-refractivity contribution in [1.82, 2.24) is 20.1 Å². The largest absolute Gasteiger partial charge is 0.497 e. The number of hydrogen-bond acceptors (Lipinski definition) is 6. The summed E-state index contributed by atoms with van der Waals surface area (Å²) in [4.78, 5) is 34.7. The van der Waals surface area contributed by atoms with Crippen LogP contribution in [-0.4, -0.2) is 65.9 Å². The van der Waals surface area contributed by atoms with Gasteiger partial charge in [-0.3, -0.25) is 14.5 Å². The number of thiazole rings is 1. The van der Waals surface area contributed by atoms with Crippen LogP contribution in [0.4, 0.5) is 0 Å². The van der Waals surface area contributed by atoms with Crippen LogP contribution >= 0.6 is 11.3 Å². The van der Waals surface area contributed by atoms with E-state index >= 15 is 0 Å². The van der Waals surface area contributed by atoms with E-state index in [1.54, 1.807) is 42.7 Å². The summed E-state index contributed by atoms with van der Waals surface area (Å²) in [5, 5.41) is 6.22. The Hall–Kier alpha value is -2.45. The SMILES string of the molecule is CCc1nc(CN2CCN(C(=O)[C@@H](NC(=O)c3ccc(OC)cc3)C(C)C)CC2)cs1. The van der Waals surface area contributed by atoms with E-state index in [2.05, 4.69) is 27.5 Å². The zero-order valence-corrected chi connectivity index (χ0v) is 19.6. The van der Waals surface area contributed by atoms with Crippen LogP contribution in [0.15, 0.2) is 29.6 Å². The summed E-state index contributed by atoms with van der Waals surface area (Å²) in [6.07, 6.45) is 0.964. The van der Waals surface area contributed by atoms with Gasteiger partial charge in [-0.05, 0) is 36.6 Å². The molecular weight excluding hydrogens is 412 g/mol. The number of aromatic nitrogens is 1. The van der Waals surface area contributed by atoms with Gasteiger partial charge >= 0.3 is 0 Å². The number of nitrogens with one attached hydrogen (secondary N) is 1. The number of carbonyl (C=O) groups is 2. The maximum absolute atomic E-state index is 13.2. The first kappa shape index (κ1) is 23.2. The molecule has 8 heteroatoms. The minimum Gasteiger partial charge on any atom is -0.497 e. The van der Waals surface area contributed by atoms with Crippen LogP contribution in [0.2, 0.25) is 0 Å². The number of hydrogen-bond donors (Lipinski definition) is 1. The van der Waals surface area contributed by atoms with Crippen LogP contribution in [0.5, 0.6) is 5.75 Å². The van der Waals surface area contributed by atoms with Crippen LogP contribution in [0, 0.1) is 5.92 Å². The van der Waals surface area contributed by atoms with Crippen LogP contribution in [0.3, 0.4) is 0 Å². The van der Waals surface area contributed by atoms with Gasteiger partial charge in [0, 0.05) is 43.7 Å². The van der Waals surface area contributed by atoms with Crippen molar-refractivity contribution in [1.29, 1.82) is 0 Å². The van der Waals surface area contributed by atoms with Crippen molar-refractivity contribution in [2.24, 2.45) is 5.92 Å². The zero-order valence-electron chi connectivity index (χ0n) is 18.8. The van der Waals surface area contributed by atoms with Gasteiger partial charge in [0.05, 0.1) is 17.8 Å². The molecule has 0 saturated carbocycles. The molecule has 1 atom stereocenters. The second-order valence-electron chi connectivity index (χ2n) is 8.11. The predicted octanol–water partition coefficient (Wildman–Crippen LogP) is 2.81. The normalized spacial score (nSPS) is 15.7. The fraction of sp³-hybridized carbons (Fsp3) is 0.522. The molecule has 168 valence electrons. The van der Waals surface area contributed by atoms with Gasteiger partial charge in [-0.1, -0.05) is 20.8 Å². The lowest BCUT2D eigenvalue weighted by Crippen LogP contribution is -2.56. The van der Waals surface area contributed by atoms with Crippen LogP contribution < -0.4 is 10.1 Å². The Labute approximate surface area is 188 Å². The summed E-state index contributed by atoms with van der Waals surface area (Å²) in [5.41, 5.74) is 1.62. The lowest BCUT2D eigenvalue weighted by atomic mass is 10.0. The molecule has 1 saturated heterocycles. The van der Waals surface area contributed by atoms with Gasteiger partial charge in [-0.2, -0.15) is 0 Å². The molecule has 0 aliphatic carbocycles. The fourth-order valence-electron chi connectivity index (χ4n) is 3.62. The van der Waals surface area contributed by atoms with Crippen LogP contribution in [0.1, 0.15) is 41.8 Å². The molecule has 31 heavy (non-hydrogen) atoms. The molecule has 2 aromatic rings. The first-order valence-corrected chi connectivity index (χ1v) is 11.7. The third kappa shape index (κ3) is 6.04. The summed E-state index contributed by atoms with van der Waals surface area (Å²) in [6.45, 7) is 9.79. The molecule has 2 amide bonds. The molecule has 0 bridgehead atoms.